The third-order valence-corrected chi connectivity index (χ3v) is 7.05. The molecule has 1 amide bonds. The molecule has 32 heavy (non-hydrogen) atoms. The third-order valence-electron chi connectivity index (χ3n) is 4.48. The highest BCUT2D eigenvalue weighted by Gasteiger charge is 2.28. The molecule has 0 radical (unpaired) electrons. The molecule has 2 aromatic carbocycles. The molecule has 0 fully saturated rings. The number of benzene rings is 2. The van der Waals surface area contributed by atoms with Crippen LogP contribution in [0.15, 0.2) is 70.0 Å². The molecule has 0 saturated carbocycles. The van der Waals surface area contributed by atoms with Crippen molar-refractivity contribution in [3.05, 3.63) is 70.4 Å². The maximum Gasteiger partial charge on any atom is 0.264 e. The summed E-state index contributed by atoms with van der Waals surface area (Å²) in [6.07, 6.45) is 1.50. The number of carbonyl (C=O) groups is 1. The summed E-state index contributed by atoms with van der Waals surface area (Å²) in [7, 11) is -1.22. The molecule has 0 spiro atoms. The minimum Gasteiger partial charge on any atom is -0.493 e. The molecule has 168 valence electrons. The monoisotopic (exact) mass is 473 g/mol. The van der Waals surface area contributed by atoms with E-state index in [9.17, 15) is 13.2 Å². The van der Waals surface area contributed by atoms with Crippen molar-refractivity contribution in [1.82, 2.24) is 5.43 Å². The van der Waals surface area contributed by atoms with Gasteiger partial charge in [0.2, 0.25) is 0 Å². The summed E-state index contributed by atoms with van der Waals surface area (Å²) >= 11 is 1.47. The maximum atomic E-state index is 13.5. The molecule has 1 heterocycles. The SMILES string of the molecule is COc1ccc(S(=O)(=O)N(CC(=O)N/N=C\c2cccs2)c2ccc(C)cc2)cc1OC. The first-order chi connectivity index (χ1) is 15.3. The number of nitrogens with one attached hydrogen (secondary N) is 1. The van der Waals surface area contributed by atoms with E-state index >= 15 is 0 Å². The average molecular weight is 474 g/mol. The number of ether oxygens (including phenoxy) is 2. The Morgan fingerprint density at radius 3 is 2.44 bits per heavy atom. The first kappa shape index (κ1) is 23.3. The quantitative estimate of drug-likeness (QED) is 0.379. The van der Waals surface area contributed by atoms with Crippen molar-refractivity contribution >= 4 is 39.2 Å². The van der Waals surface area contributed by atoms with Gasteiger partial charge in [0.25, 0.3) is 15.9 Å². The lowest BCUT2D eigenvalue weighted by Gasteiger charge is -2.24. The Morgan fingerprint density at radius 2 is 1.81 bits per heavy atom. The van der Waals surface area contributed by atoms with Crippen LogP contribution in [0.3, 0.4) is 0 Å². The largest absolute Gasteiger partial charge is 0.493 e. The van der Waals surface area contributed by atoms with Crippen molar-refractivity contribution in [2.75, 3.05) is 25.1 Å². The maximum absolute atomic E-state index is 13.5. The number of hydrogen-bond acceptors (Lipinski definition) is 7. The summed E-state index contributed by atoms with van der Waals surface area (Å²) in [4.78, 5) is 13.4. The van der Waals surface area contributed by atoms with Gasteiger partial charge < -0.3 is 9.47 Å². The number of carbonyl (C=O) groups excluding carboxylic acids is 1. The van der Waals surface area contributed by atoms with Gasteiger partial charge in [-0.2, -0.15) is 5.10 Å². The smallest absolute Gasteiger partial charge is 0.264 e. The molecule has 3 aromatic rings. The van der Waals surface area contributed by atoms with Crippen LogP contribution in [-0.2, 0) is 14.8 Å². The van der Waals surface area contributed by atoms with E-state index in [1.165, 1.54) is 50.0 Å². The molecule has 0 unspecified atom stereocenters. The fourth-order valence-corrected chi connectivity index (χ4v) is 4.85. The third kappa shape index (κ3) is 5.45. The van der Waals surface area contributed by atoms with E-state index < -0.39 is 22.5 Å². The van der Waals surface area contributed by atoms with Crippen molar-refractivity contribution in [1.29, 1.82) is 0 Å². The van der Waals surface area contributed by atoms with Crippen LogP contribution in [0.1, 0.15) is 10.4 Å². The van der Waals surface area contributed by atoms with E-state index in [-0.39, 0.29) is 10.6 Å². The molecule has 0 aliphatic carbocycles. The lowest BCUT2D eigenvalue weighted by Crippen LogP contribution is -2.39. The standard InChI is InChI=1S/C22H23N3O5S2/c1-16-6-8-17(9-7-16)25(15-22(26)24-23-14-18-5-4-12-31-18)32(27,28)19-10-11-20(29-2)21(13-19)30-3/h4-14H,15H2,1-3H3,(H,24,26)/b23-14-. The highest BCUT2D eigenvalue weighted by Crippen LogP contribution is 2.32. The Morgan fingerprint density at radius 1 is 1.09 bits per heavy atom. The molecular formula is C22H23N3O5S2. The van der Waals surface area contributed by atoms with Crippen LogP contribution < -0.4 is 19.2 Å². The van der Waals surface area contributed by atoms with Gasteiger partial charge in [-0.05, 0) is 42.6 Å². The van der Waals surface area contributed by atoms with E-state index in [0.717, 1.165) is 14.7 Å². The number of rotatable bonds is 9. The number of aryl methyl sites for hydroxylation is 1. The number of nitrogens with zero attached hydrogens (tertiary/aromatic N) is 2. The van der Waals surface area contributed by atoms with E-state index in [0.29, 0.717) is 11.4 Å². The fourth-order valence-electron chi connectivity index (χ4n) is 2.83. The average Bonchev–Trinajstić information content (AvgIpc) is 3.31. The number of amides is 1. The Kier molecular flexibility index (Phi) is 7.49. The van der Waals surface area contributed by atoms with Crippen LogP contribution in [0.4, 0.5) is 5.69 Å². The molecule has 0 saturated heterocycles. The van der Waals surface area contributed by atoms with Crippen molar-refractivity contribution in [3.63, 3.8) is 0 Å². The second kappa shape index (κ2) is 10.3. The highest BCUT2D eigenvalue weighted by atomic mass is 32.2. The number of hydrogen-bond donors (Lipinski definition) is 1. The van der Waals surface area contributed by atoms with E-state index in [1.54, 1.807) is 24.3 Å². The van der Waals surface area contributed by atoms with Crippen molar-refractivity contribution in [2.24, 2.45) is 5.10 Å². The molecule has 0 bridgehead atoms. The van der Waals surface area contributed by atoms with Gasteiger partial charge in [0, 0.05) is 10.9 Å². The van der Waals surface area contributed by atoms with Crippen LogP contribution >= 0.6 is 11.3 Å². The van der Waals surface area contributed by atoms with E-state index in [2.05, 4.69) is 10.5 Å². The lowest BCUT2D eigenvalue weighted by atomic mass is 10.2. The van der Waals surface area contributed by atoms with Crippen LogP contribution in [0, 0.1) is 6.92 Å². The minimum absolute atomic E-state index is 0.0365. The molecule has 8 nitrogen and oxygen atoms in total. The molecule has 0 aliphatic rings. The Hall–Kier alpha value is -3.37. The Balaban J connectivity index is 1.91. The van der Waals surface area contributed by atoms with Crippen molar-refractivity contribution in [3.8, 4) is 11.5 Å². The molecule has 3 rings (SSSR count). The highest BCUT2D eigenvalue weighted by molar-refractivity contribution is 7.92. The summed E-state index contributed by atoms with van der Waals surface area (Å²) in [6, 6.07) is 14.8. The second-order valence-electron chi connectivity index (χ2n) is 6.67. The zero-order valence-corrected chi connectivity index (χ0v) is 19.4. The molecule has 1 aromatic heterocycles. The number of thiophene rings is 1. The van der Waals surface area contributed by atoms with E-state index in [4.69, 9.17) is 9.47 Å². The van der Waals surface area contributed by atoms with Crippen molar-refractivity contribution in [2.45, 2.75) is 11.8 Å². The Labute approximate surface area is 191 Å². The summed E-state index contributed by atoms with van der Waals surface area (Å²) < 4.78 is 38.4. The van der Waals surface area contributed by atoms with Gasteiger partial charge in [0.05, 0.1) is 31.0 Å². The number of anilines is 1. The number of sulfonamides is 1. The first-order valence-corrected chi connectivity index (χ1v) is 11.8. The van der Waals surface area contributed by atoms with Gasteiger partial charge >= 0.3 is 0 Å². The zero-order chi connectivity index (χ0) is 23.1. The van der Waals surface area contributed by atoms with Crippen LogP contribution in [-0.4, -0.2) is 41.3 Å². The van der Waals surface area contributed by atoms with Crippen molar-refractivity contribution < 1.29 is 22.7 Å². The van der Waals surface area contributed by atoms with Gasteiger partial charge in [0.1, 0.15) is 6.54 Å². The number of methoxy groups -OCH3 is 2. The Bertz CT molecular complexity index is 1190. The van der Waals surface area contributed by atoms with Gasteiger partial charge in [-0.3, -0.25) is 9.10 Å². The fraction of sp³-hybridized carbons (Fsp3) is 0.182. The summed E-state index contributed by atoms with van der Waals surface area (Å²) in [5, 5.41) is 5.79. The minimum atomic E-state index is -4.10. The van der Waals surface area contributed by atoms with Crippen LogP contribution in [0.25, 0.3) is 0 Å². The topological polar surface area (TPSA) is 97.3 Å². The molecule has 1 N–H and O–H groups in total. The lowest BCUT2D eigenvalue weighted by molar-refractivity contribution is -0.119. The summed E-state index contributed by atoms with van der Waals surface area (Å²) in [5.74, 6) is 0.0823. The second-order valence-corrected chi connectivity index (χ2v) is 9.51. The number of hydrazone groups is 1. The zero-order valence-electron chi connectivity index (χ0n) is 17.8. The van der Waals surface area contributed by atoms with Gasteiger partial charge in [0.15, 0.2) is 11.5 Å². The normalized spacial score (nSPS) is 11.3. The summed E-state index contributed by atoms with van der Waals surface area (Å²) in [5.41, 5.74) is 3.69. The predicted molar refractivity (Wildman–Crippen MR) is 125 cm³/mol. The molecule has 0 aliphatic heterocycles. The molecule has 0 atom stereocenters. The van der Waals surface area contributed by atoms with Gasteiger partial charge in [-0.25, -0.2) is 13.8 Å². The van der Waals surface area contributed by atoms with Gasteiger partial charge in [-0.1, -0.05) is 23.8 Å². The molecular weight excluding hydrogens is 450 g/mol. The predicted octanol–water partition coefficient (Wildman–Crippen LogP) is 3.42. The van der Waals surface area contributed by atoms with Gasteiger partial charge in [-0.15, -0.1) is 11.3 Å². The molecule has 10 heteroatoms. The van der Waals surface area contributed by atoms with E-state index in [1.807, 2.05) is 24.4 Å². The first-order valence-electron chi connectivity index (χ1n) is 9.52. The van der Waals surface area contributed by atoms with Crippen LogP contribution in [0.5, 0.6) is 11.5 Å². The van der Waals surface area contributed by atoms with Crippen LogP contribution in [0.2, 0.25) is 0 Å². The summed E-state index contributed by atoms with van der Waals surface area (Å²) in [6.45, 7) is 1.43.